The Morgan fingerprint density at radius 1 is 1.28 bits per heavy atom. The van der Waals surface area contributed by atoms with E-state index in [9.17, 15) is 14.3 Å². The average molecular weight is 266 g/mol. The van der Waals surface area contributed by atoms with E-state index >= 15 is 0 Å². The van der Waals surface area contributed by atoms with Gasteiger partial charge in [0.2, 0.25) is 0 Å². The van der Waals surface area contributed by atoms with Gasteiger partial charge in [-0.15, -0.1) is 0 Å². The van der Waals surface area contributed by atoms with Gasteiger partial charge in [0, 0.05) is 17.3 Å². The van der Waals surface area contributed by atoms with Gasteiger partial charge in [0.05, 0.1) is 0 Å². The third-order valence-corrected chi connectivity index (χ3v) is 2.78. The number of pyridine rings is 1. The lowest BCUT2D eigenvalue weighted by Crippen LogP contribution is -2.13. The molecule has 0 amide bonds. The monoisotopic (exact) mass is 265 g/mol. The van der Waals surface area contributed by atoms with Gasteiger partial charge in [0.1, 0.15) is 17.1 Å². The highest BCUT2D eigenvalue weighted by atomic mass is 35.5. The molecule has 0 bridgehead atoms. The Labute approximate surface area is 108 Å². The van der Waals surface area contributed by atoms with Crippen molar-refractivity contribution in [3.8, 4) is 0 Å². The van der Waals surface area contributed by atoms with Crippen LogP contribution in [0.3, 0.4) is 0 Å². The van der Waals surface area contributed by atoms with Gasteiger partial charge in [-0.2, -0.15) is 0 Å². The third-order valence-electron chi connectivity index (χ3n) is 2.46. The fourth-order valence-corrected chi connectivity index (χ4v) is 1.74. The van der Waals surface area contributed by atoms with E-state index in [1.54, 1.807) is 6.07 Å². The summed E-state index contributed by atoms with van der Waals surface area (Å²) in [6, 6.07) is 8.02. The Morgan fingerprint density at radius 2 is 1.94 bits per heavy atom. The molecule has 0 aliphatic rings. The molecule has 0 aliphatic carbocycles. The van der Waals surface area contributed by atoms with Crippen LogP contribution < -0.4 is 0 Å². The van der Waals surface area contributed by atoms with Crippen LogP contribution in [0.2, 0.25) is 5.15 Å². The van der Waals surface area contributed by atoms with Crippen molar-refractivity contribution in [2.24, 2.45) is 0 Å². The van der Waals surface area contributed by atoms with E-state index < -0.39 is 17.7 Å². The number of carbonyl (C=O) groups excluding carboxylic acids is 1. The number of ketones is 1. The first-order valence-electron chi connectivity index (χ1n) is 5.18. The molecular formula is C13H9ClFNO2. The largest absolute Gasteiger partial charge is 0.380 e. The van der Waals surface area contributed by atoms with Gasteiger partial charge < -0.3 is 5.11 Å². The normalized spacial score (nSPS) is 12.2. The van der Waals surface area contributed by atoms with E-state index in [1.807, 2.05) is 0 Å². The summed E-state index contributed by atoms with van der Waals surface area (Å²) < 4.78 is 12.7. The molecule has 1 heterocycles. The van der Waals surface area contributed by atoms with Crippen molar-refractivity contribution in [2.75, 3.05) is 0 Å². The molecule has 0 aliphatic heterocycles. The zero-order valence-electron chi connectivity index (χ0n) is 9.18. The van der Waals surface area contributed by atoms with Crippen molar-refractivity contribution in [2.45, 2.75) is 6.10 Å². The lowest BCUT2D eigenvalue weighted by molar-refractivity contribution is 0.0747. The van der Waals surface area contributed by atoms with Crippen molar-refractivity contribution in [3.63, 3.8) is 0 Å². The van der Waals surface area contributed by atoms with E-state index in [0.717, 1.165) is 12.1 Å². The van der Waals surface area contributed by atoms with Crippen LogP contribution in [0.5, 0.6) is 0 Å². The summed E-state index contributed by atoms with van der Waals surface area (Å²) in [5.41, 5.74) is 0.442. The molecule has 0 fully saturated rings. The van der Waals surface area contributed by atoms with Gasteiger partial charge in [-0.3, -0.25) is 4.79 Å². The minimum absolute atomic E-state index is 0.0699. The molecule has 92 valence electrons. The van der Waals surface area contributed by atoms with Crippen LogP contribution >= 0.6 is 11.6 Å². The van der Waals surface area contributed by atoms with Crippen LogP contribution in [0.4, 0.5) is 4.39 Å². The predicted octanol–water partition coefficient (Wildman–Crippen LogP) is 2.79. The third kappa shape index (κ3) is 2.55. The number of aliphatic hydroxyl groups is 1. The number of aromatic nitrogens is 1. The maximum Gasteiger partial charge on any atom is 0.195 e. The second kappa shape index (κ2) is 5.25. The highest BCUT2D eigenvalue weighted by Gasteiger charge is 2.21. The minimum atomic E-state index is -1.41. The molecule has 1 aromatic heterocycles. The van der Waals surface area contributed by atoms with E-state index in [0.29, 0.717) is 0 Å². The van der Waals surface area contributed by atoms with Crippen LogP contribution in [0.15, 0.2) is 42.6 Å². The van der Waals surface area contributed by atoms with E-state index in [2.05, 4.69) is 4.98 Å². The Hall–Kier alpha value is -1.78. The standard InChI is InChI=1S/C13H9ClFNO2/c14-13-10(2-1-7-16-13)12(18)11(17)8-3-5-9(15)6-4-8/h1-7,12,18H. The molecule has 0 saturated heterocycles. The summed E-state index contributed by atoms with van der Waals surface area (Å²) in [6.07, 6.45) is 0.0534. The lowest BCUT2D eigenvalue weighted by Gasteiger charge is -2.10. The zero-order valence-corrected chi connectivity index (χ0v) is 9.93. The van der Waals surface area contributed by atoms with Crippen molar-refractivity contribution < 1.29 is 14.3 Å². The molecular weight excluding hydrogens is 257 g/mol. The van der Waals surface area contributed by atoms with Gasteiger partial charge in [0.15, 0.2) is 5.78 Å². The second-order valence-electron chi connectivity index (χ2n) is 3.66. The second-order valence-corrected chi connectivity index (χ2v) is 4.02. The van der Waals surface area contributed by atoms with Crippen LogP contribution in [0.1, 0.15) is 22.0 Å². The highest BCUT2D eigenvalue weighted by molar-refractivity contribution is 6.30. The van der Waals surface area contributed by atoms with E-state index in [4.69, 9.17) is 11.6 Å². The van der Waals surface area contributed by atoms with Crippen LogP contribution in [-0.4, -0.2) is 15.9 Å². The zero-order chi connectivity index (χ0) is 13.1. The van der Waals surface area contributed by atoms with Crippen LogP contribution in [-0.2, 0) is 0 Å². The fourth-order valence-electron chi connectivity index (χ4n) is 1.52. The average Bonchev–Trinajstić information content (AvgIpc) is 2.38. The van der Waals surface area contributed by atoms with Crippen molar-refractivity contribution in [3.05, 3.63) is 64.7 Å². The quantitative estimate of drug-likeness (QED) is 0.686. The number of hydrogen-bond acceptors (Lipinski definition) is 3. The number of benzene rings is 1. The Balaban J connectivity index is 2.29. The van der Waals surface area contributed by atoms with Gasteiger partial charge in [-0.25, -0.2) is 9.37 Å². The van der Waals surface area contributed by atoms with E-state index in [1.165, 1.54) is 24.4 Å². The van der Waals surface area contributed by atoms with Gasteiger partial charge in [-0.1, -0.05) is 17.7 Å². The summed E-state index contributed by atoms with van der Waals surface area (Å²) in [5.74, 6) is -0.995. The van der Waals surface area contributed by atoms with Crippen molar-refractivity contribution in [1.82, 2.24) is 4.98 Å². The Bertz CT molecular complexity index is 571. The molecule has 1 unspecified atom stereocenters. The molecule has 1 aromatic carbocycles. The van der Waals surface area contributed by atoms with Crippen LogP contribution in [0, 0.1) is 5.82 Å². The highest BCUT2D eigenvalue weighted by Crippen LogP contribution is 2.23. The Morgan fingerprint density at radius 3 is 2.56 bits per heavy atom. The summed E-state index contributed by atoms with van der Waals surface area (Å²) in [4.78, 5) is 15.7. The lowest BCUT2D eigenvalue weighted by atomic mass is 10.0. The van der Waals surface area contributed by atoms with Crippen molar-refractivity contribution >= 4 is 17.4 Å². The summed E-state index contributed by atoms with van der Waals surface area (Å²) in [5, 5.41) is 9.99. The predicted molar refractivity (Wildman–Crippen MR) is 64.9 cm³/mol. The molecule has 2 aromatic rings. The summed E-state index contributed by atoms with van der Waals surface area (Å²) in [7, 11) is 0. The number of carbonyl (C=O) groups is 1. The molecule has 5 heteroatoms. The van der Waals surface area contributed by atoms with Gasteiger partial charge >= 0.3 is 0 Å². The summed E-state index contributed by atoms with van der Waals surface area (Å²) >= 11 is 5.79. The SMILES string of the molecule is O=C(c1ccc(F)cc1)C(O)c1cccnc1Cl. The first-order chi connectivity index (χ1) is 8.59. The van der Waals surface area contributed by atoms with E-state index in [-0.39, 0.29) is 16.3 Å². The topological polar surface area (TPSA) is 50.2 Å². The number of aliphatic hydroxyl groups excluding tert-OH is 1. The number of hydrogen-bond donors (Lipinski definition) is 1. The molecule has 3 nitrogen and oxygen atoms in total. The van der Waals surface area contributed by atoms with Gasteiger partial charge in [-0.05, 0) is 30.3 Å². The first kappa shape index (κ1) is 12.7. The molecule has 2 rings (SSSR count). The fraction of sp³-hybridized carbons (Fsp3) is 0.0769. The number of nitrogens with zero attached hydrogens (tertiary/aromatic N) is 1. The Kier molecular flexibility index (Phi) is 3.69. The smallest absolute Gasteiger partial charge is 0.195 e. The number of halogens is 2. The van der Waals surface area contributed by atoms with Crippen molar-refractivity contribution in [1.29, 1.82) is 0 Å². The van der Waals surface area contributed by atoms with Crippen LogP contribution in [0.25, 0.3) is 0 Å². The maximum absolute atomic E-state index is 12.7. The molecule has 1 N–H and O–H groups in total. The molecule has 18 heavy (non-hydrogen) atoms. The molecule has 0 saturated carbocycles. The maximum atomic E-state index is 12.7. The number of Topliss-reactive ketones (excluding diaryl/α,β-unsaturated/α-hetero) is 1. The first-order valence-corrected chi connectivity index (χ1v) is 5.55. The summed E-state index contributed by atoms with van der Waals surface area (Å²) in [6.45, 7) is 0. The molecule has 1 atom stereocenters. The molecule has 0 spiro atoms. The van der Waals surface area contributed by atoms with Gasteiger partial charge in [0.25, 0.3) is 0 Å². The molecule has 0 radical (unpaired) electrons. The minimum Gasteiger partial charge on any atom is -0.380 e. The number of rotatable bonds is 3.